The molecule has 1 aromatic carbocycles. The van der Waals surface area contributed by atoms with Crippen molar-refractivity contribution in [1.82, 2.24) is 4.98 Å². The molecule has 0 saturated heterocycles. The average molecular weight is 549 g/mol. The van der Waals surface area contributed by atoms with E-state index in [4.69, 9.17) is 9.47 Å². The molecular formula is C21H18Br2F3NO3. The zero-order chi connectivity index (χ0) is 22.1. The van der Waals surface area contributed by atoms with Crippen LogP contribution in [0.1, 0.15) is 25.6 Å². The summed E-state index contributed by atoms with van der Waals surface area (Å²) in [6.07, 6.45) is -5.58. The van der Waals surface area contributed by atoms with E-state index in [1.165, 1.54) is 12.1 Å². The molecule has 1 aliphatic rings. The number of rotatable bonds is 6. The Bertz CT molecular complexity index is 944. The maximum atomic E-state index is 13.7. The van der Waals surface area contributed by atoms with Crippen molar-refractivity contribution in [3.63, 3.8) is 0 Å². The SMILES string of the molecule is CC1(C)[C@H](C(=O)OC(c2cccc(Oc3ccccc3)n2)C(F)(F)F)[C@@H]1C=C(Br)Br. The number of aromatic nitrogens is 1. The molecule has 1 aliphatic carbocycles. The van der Waals surface area contributed by atoms with Gasteiger partial charge in [-0.25, -0.2) is 4.98 Å². The maximum absolute atomic E-state index is 13.7. The second kappa shape index (κ2) is 8.70. The van der Waals surface area contributed by atoms with Crippen LogP contribution in [-0.4, -0.2) is 17.1 Å². The molecule has 3 atom stereocenters. The van der Waals surface area contributed by atoms with Crippen LogP contribution in [0.25, 0.3) is 0 Å². The van der Waals surface area contributed by atoms with Gasteiger partial charge in [0.05, 0.1) is 15.0 Å². The van der Waals surface area contributed by atoms with Crippen molar-refractivity contribution in [3.8, 4) is 11.6 Å². The van der Waals surface area contributed by atoms with Crippen LogP contribution in [0.3, 0.4) is 0 Å². The van der Waals surface area contributed by atoms with E-state index in [9.17, 15) is 18.0 Å². The Kier molecular flexibility index (Phi) is 6.62. The normalized spacial score (nSPS) is 20.8. The van der Waals surface area contributed by atoms with E-state index < -0.39 is 35.3 Å². The predicted molar refractivity (Wildman–Crippen MR) is 112 cm³/mol. The lowest BCUT2D eigenvalue weighted by molar-refractivity contribution is -0.226. The zero-order valence-corrected chi connectivity index (χ0v) is 19.2. The number of carbonyl (C=O) groups is 1. The number of carbonyl (C=O) groups excluding carboxylic acids is 1. The third kappa shape index (κ3) is 5.24. The molecule has 1 aromatic heterocycles. The Labute approximate surface area is 188 Å². The van der Waals surface area contributed by atoms with Crippen molar-refractivity contribution >= 4 is 37.8 Å². The van der Waals surface area contributed by atoms with Gasteiger partial charge in [-0.2, -0.15) is 13.2 Å². The highest BCUT2D eigenvalue weighted by Gasteiger charge is 2.62. The molecule has 1 fully saturated rings. The summed E-state index contributed by atoms with van der Waals surface area (Å²) in [5, 5.41) is 0. The van der Waals surface area contributed by atoms with Crippen LogP contribution < -0.4 is 4.74 Å². The van der Waals surface area contributed by atoms with Gasteiger partial charge in [-0.3, -0.25) is 4.79 Å². The van der Waals surface area contributed by atoms with Crippen LogP contribution in [0.2, 0.25) is 0 Å². The highest BCUT2D eigenvalue weighted by Crippen LogP contribution is 2.60. The van der Waals surface area contributed by atoms with E-state index in [0.29, 0.717) is 9.14 Å². The minimum atomic E-state index is -4.82. The molecule has 0 amide bonds. The minimum absolute atomic E-state index is 0.0280. The standard InChI is InChI=1S/C21H18Br2F3NO3/c1-20(2)13(11-15(22)23)17(20)19(28)30-18(21(24,25)26)14-9-6-10-16(27-14)29-12-7-4-3-5-8-12/h3-11,13,17-18H,1-2H3/t13-,17-,18?/m0/s1. The summed E-state index contributed by atoms with van der Waals surface area (Å²) in [7, 11) is 0. The largest absolute Gasteiger partial charge is 0.446 e. The van der Waals surface area contributed by atoms with Crippen molar-refractivity contribution in [2.75, 3.05) is 0 Å². The van der Waals surface area contributed by atoms with E-state index in [0.717, 1.165) is 6.07 Å². The molecule has 0 aliphatic heterocycles. The summed E-state index contributed by atoms with van der Waals surface area (Å²) in [4.78, 5) is 16.5. The number of alkyl halides is 3. The summed E-state index contributed by atoms with van der Waals surface area (Å²) >= 11 is 6.44. The van der Waals surface area contributed by atoms with E-state index in [1.54, 1.807) is 50.3 Å². The molecule has 9 heteroatoms. The molecule has 2 aromatic rings. The average Bonchev–Trinajstić information content (AvgIpc) is 3.19. The minimum Gasteiger partial charge on any atom is -0.446 e. The first-order chi connectivity index (χ1) is 14.0. The van der Waals surface area contributed by atoms with Crippen molar-refractivity contribution in [3.05, 3.63) is 63.7 Å². The lowest BCUT2D eigenvalue weighted by atomic mass is 10.1. The van der Waals surface area contributed by atoms with Gasteiger partial charge in [-0.05, 0) is 61.4 Å². The van der Waals surface area contributed by atoms with E-state index in [1.807, 2.05) is 0 Å². The van der Waals surface area contributed by atoms with Gasteiger partial charge in [0.2, 0.25) is 12.0 Å². The molecule has 160 valence electrons. The van der Waals surface area contributed by atoms with E-state index >= 15 is 0 Å². The van der Waals surface area contributed by atoms with Gasteiger partial charge in [-0.15, -0.1) is 0 Å². The van der Waals surface area contributed by atoms with Crippen LogP contribution in [0, 0.1) is 17.3 Å². The van der Waals surface area contributed by atoms with Gasteiger partial charge in [0, 0.05) is 6.07 Å². The summed E-state index contributed by atoms with van der Waals surface area (Å²) in [5.74, 6) is -1.44. The molecule has 4 nitrogen and oxygen atoms in total. The first-order valence-corrected chi connectivity index (χ1v) is 10.6. The smallest absolute Gasteiger partial charge is 0.431 e. The number of nitrogens with zero attached hydrogens (tertiary/aromatic N) is 1. The van der Waals surface area contributed by atoms with Crippen LogP contribution in [0.15, 0.2) is 58.0 Å². The first kappa shape index (κ1) is 22.8. The van der Waals surface area contributed by atoms with Gasteiger partial charge >= 0.3 is 12.1 Å². The number of esters is 1. The molecule has 0 N–H and O–H groups in total. The Hall–Kier alpha value is -1.87. The maximum Gasteiger partial charge on any atom is 0.431 e. The van der Waals surface area contributed by atoms with Gasteiger partial charge in [0.1, 0.15) is 5.75 Å². The number of ether oxygens (including phenoxy) is 2. The fourth-order valence-corrected chi connectivity index (χ4v) is 3.87. The number of benzene rings is 1. The van der Waals surface area contributed by atoms with Crippen LogP contribution in [0.4, 0.5) is 13.2 Å². The number of pyridine rings is 1. The molecule has 1 saturated carbocycles. The Morgan fingerprint density at radius 2 is 1.80 bits per heavy atom. The van der Waals surface area contributed by atoms with Crippen molar-refractivity contribution in [2.24, 2.45) is 17.3 Å². The molecule has 1 heterocycles. The van der Waals surface area contributed by atoms with Gasteiger partial charge in [-0.1, -0.05) is 44.2 Å². The fourth-order valence-electron chi connectivity index (χ4n) is 3.30. The lowest BCUT2D eigenvalue weighted by Gasteiger charge is -2.21. The van der Waals surface area contributed by atoms with Crippen LogP contribution >= 0.6 is 31.9 Å². The Balaban J connectivity index is 1.81. The number of allylic oxidation sites excluding steroid dienone is 1. The van der Waals surface area contributed by atoms with Gasteiger partial charge in [0.15, 0.2) is 0 Å². The van der Waals surface area contributed by atoms with Crippen LogP contribution in [-0.2, 0) is 9.53 Å². The third-order valence-corrected chi connectivity index (χ3v) is 5.51. The summed E-state index contributed by atoms with van der Waals surface area (Å²) < 4.78 is 52.2. The molecule has 0 bridgehead atoms. The highest BCUT2D eigenvalue weighted by atomic mass is 79.9. The molecule has 0 radical (unpaired) electrons. The first-order valence-electron chi connectivity index (χ1n) is 9.00. The summed E-state index contributed by atoms with van der Waals surface area (Å²) in [6.45, 7) is 3.61. The molecular weight excluding hydrogens is 531 g/mol. The Morgan fingerprint density at radius 3 is 2.40 bits per heavy atom. The quantitative estimate of drug-likeness (QED) is 0.367. The van der Waals surface area contributed by atoms with Crippen LogP contribution in [0.5, 0.6) is 11.6 Å². The number of hydrogen-bond acceptors (Lipinski definition) is 4. The Morgan fingerprint density at radius 1 is 1.13 bits per heavy atom. The molecule has 3 rings (SSSR count). The summed E-state index contributed by atoms with van der Waals surface area (Å²) in [6, 6.07) is 12.5. The zero-order valence-electron chi connectivity index (χ0n) is 16.0. The lowest BCUT2D eigenvalue weighted by Crippen LogP contribution is -2.28. The fraction of sp³-hybridized carbons (Fsp3) is 0.333. The molecule has 0 spiro atoms. The second-order valence-electron chi connectivity index (χ2n) is 7.46. The van der Waals surface area contributed by atoms with Crippen molar-refractivity contribution in [1.29, 1.82) is 0 Å². The monoisotopic (exact) mass is 547 g/mol. The number of hydrogen-bond donors (Lipinski definition) is 0. The molecule has 30 heavy (non-hydrogen) atoms. The highest BCUT2D eigenvalue weighted by molar-refractivity contribution is 9.28. The third-order valence-electron chi connectivity index (χ3n) is 4.98. The van der Waals surface area contributed by atoms with Gasteiger partial charge in [0.25, 0.3) is 0 Å². The molecule has 1 unspecified atom stereocenters. The van der Waals surface area contributed by atoms with Crippen molar-refractivity contribution in [2.45, 2.75) is 26.1 Å². The van der Waals surface area contributed by atoms with Gasteiger partial charge < -0.3 is 9.47 Å². The topological polar surface area (TPSA) is 48.4 Å². The predicted octanol–water partition coefficient (Wildman–Crippen LogP) is 6.92. The number of para-hydroxylation sites is 1. The van der Waals surface area contributed by atoms with E-state index in [2.05, 4.69) is 36.8 Å². The van der Waals surface area contributed by atoms with Crippen molar-refractivity contribution < 1.29 is 27.4 Å². The number of halogens is 5. The summed E-state index contributed by atoms with van der Waals surface area (Å²) in [5.41, 5.74) is -0.956. The van der Waals surface area contributed by atoms with E-state index in [-0.39, 0.29) is 11.8 Å². The second-order valence-corrected chi connectivity index (χ2v) is 10.2.